The molecular formula is C42H45B19O. The number of fused-ring (bicyclic) bond motifs is 6. The maximum absolute atomic E-state index is 6.30. The van der Waals surface area contributed by atoms with Crippen LogP contribution < -0.4 is 104 Å². The lowest BCUT2D eigenvalue weighted by atomic mass is 9.55. The molecule has 1 nitrogen and oxygen atoms in total. The van der Waals surface area contributed by atoms with Crippen LogP contribution in [0, 0.1) is 0 Å². The van der Waals surface area contributed by atoms with Gasteiger partial charge in [-0.2, -0.15) is 0 Å². The Morgan fingerprint density at radius 1 is 0.242 bits per heavy atom. The summed E-state index contributed by atoms with van der Waals surface area (Å²) in [5.74, 6) is 0. The zero-order valence-corrected chi connectivity index (χ0v) is 40.9. The van der Waals surface area contributed by atoms with Crippen molar-refractivity contribution >= 4 is 307 Å². The fourth-order valence-corrected chi connectivity index (χ4v) is 11.9. The second kappa shape index (κ2) is 14.8. The van der Waals surface area contributed by atoms with Crippen LogP contribution in [0.25, 0.3) is 87.6 Å². The van der Waals surface area contributed by atoms with Crippen LogP contribution in [0.4, 0.5) is 0 Å². The molecule has 0 amide bonds. The van der Waals surface area contributed by atoms with Gasteiger partial charge in [-0.3, -0.25) is 0 Å². The van der Waals surface area contributed by atoms with E-state index in [-0.39, 0.29) is 0 Å². The van der Waals surface area contributed by atoms with E-state index >= 15 is 0 Å². The van der Waals surface area contributed by atoms with E-state index in [0.29, 0.717) is 0 Å². The lowest BCUT2D eigenvalue weighted by Gasteiger charge is -2.32. The van der Waals surface area contributed by atoms with E-state index in [0.717, 1.165) is 11.2 Å². The van der Waals surface area contributed by atoms with E-state index in [4.69, 9.17) is 4.42 Å². The van der Waals surface area contributed by atoms with Crippen molar-refractivity contribution in [3.8, 4) is 33.4 Å². The monoisotopic (exact) mass is 775 g/mol. The molecule has 1 aromatic heterocycles. The topological polar surface area (TPSA) is 13.1 Å². The molecule has 62 heavy (non-hydrogen) atoms. The summed E-state index contributed by atoms with van der Waals surface area (Å²) in [6.45, 7) is 0. The Hall–Kier alpha value is -4.43. The number of benzene rings is 8. The highest BCUT2D eigenvalue weighted by Gasteiger charge is 2.30. The highest BCUT2D eigenvalue weighted by molar-refractivity contribution is 6.75. The van der Waals surface area contributed by atoms with Gasteiger partial charge in [0.1, 0.15) is 160 Å². The molecule has 1 heterocycles. The first-order chi connectivity index (χ1) is 29.2. The predicted molar refractivity (Wildman–Crippen MR) is 338 cm³/mol. The van der Waals surface area contributed by atoms with E-state index in [9.17, 15) is 0 Å². The average Bonchev–Trinajstić information content (AvgIpc) is 3.63. The summed E-state index contributed by atoms with van der Waals surface area (Å²) >= 11 is 0. The van der Waals surface area contributed by atoms with Gasteiger partial charge in [-0.15, -0.1) is 38.2 Å². The van der Waals surface area contributed by atoms with Crippen LogP contribution in [-0.2, 0) is 0 Å². The van der Waals surface area contributed by atoms with Crippen LogP contribution >= 0.6 is 0 Å². The number of furan rings is 1. The van der Waals surface area contributed by atoms with Gasteiger partial charge >= 0.3 is 0 Å². The maximum Gasteiger partial charge on any atom is 0.139 e. The lowest BCUT2D eigenvalue weighted by Crippen LogP contribution is -2.53. The molecule has 0 fully saturated rings. The van der Waals surface area contributed by atoms with Crippen LogP contribution in [-0.4, -0.2) is 149 Å². The Labute approximate surface area is 385 Å². The van der Waals surface area contributed by atoms with Crippen LogP contribution in [0.2, 0.25) is 0 Å². The van der Waals surface area contributed by atoms with Gasteiger partial charge in [0.25, 0.3) is 0 Å². The van der Waals surface area contributed by atoms with Crippen molar-refractivity contribution in [1.82, 2.24) is 0 Å². The van der Waals surface area contributed by atoms with Gasteiger partial charge in [-0.05, 0) is 83.9 Å². The summed E-state index contributed by atoms with van der Waals surface area (Å²) in [5.41, 5.74) is 36.4. The summed E-state index contributed by atoms with van der Waals surface area (Å²) in [6, 6.07) is 15.2. The minimum Gasteiger partial charge on any atom is -0.456 e. The number of para-hydroxylation sites is 1. The van der Waals surface area contributed by atoms with Crippen LogP contribution in [0.3, 0.4) is 0 Å². The third-order valence-corrected chi connectivity index (χ3v) is 17.0. The Bertz CT molecular complexity index is 3460. The fourth-order valence-electron chi connectivity index (χ4n) is 11.9. The summed E-state index contributed by atoms with van der Waals surface area (Å²) in [6.07, 6.45) is 0. The van der Waals surface area contributed by atoms with Crippen molar-refractivity contribution in [3.05, 3.63) is 42.5 Å². The molecule has 0 N–H and O–H groups in total. The van der Waals surface area contributed by atoms with E-state index < -0.39 is 0 Å². The fraction of sp³-hybridized carbons (Fsp3) is 0. The van der Waals surface area contributed by atoms with Gasteiger partial charge in [0.2, 0.25) is 0 Å². The summed E-state index contributed by atoms with van der Waals surface area (Å²) in [4.78, 5) is 0. The molecule has 0 spiro atoms. The summed E-state index contributed by atoms with van der Waals surface area (Å²) in [5, 5.41) is 10.8. The van der Waals surface area contributed by atoms with E-state index in [1.165, 1.54) is 180 Å². The van der Waals surface area contributed by atoms with Crippen LogP contribution in [0.5, 0.6) is 0 Å². The molecule has 0 saturated heterocycles. The first-order valence-electron chi connectivity index (χ1n) is 22.7. The quantitative estimate of drug-likeness (QED) is 0.129. The molecule has 9 aromatic rings. The summed E-state index contributed by atoms with van der Waals surface area (Å²) < 4.78 is 6.30. The molecule has 9 rings (SSSR count). The molecule has 0 radical (unpaired) electrons. The normalized spacial score (nSPS) is 11.8. The van der Waals surface area contributed by atoms with Crippen molar-refractivity contribution < 1.29 is 4.42 Å². The van der Waals surface area contributed by atoms with E-state index in [1.54, 1.807) is 0 Å². The molecule has 20 heteroatoms. The zero-order valence-electron chi connectivity index (χ0n) is 40.9. The Balaban J connectivity index is 1.54. The Kier molecular flexibility index (Phi) is 10.2. The highest BCUT2D eigenvalue weighted by atomic mass is 16.3. The van der Waals surface area contributed by atoms with E-state index in [2.05, 4.69) is 192 Å². The predicted octanol–water partition coefficient (Wildman–Crippen LogP) is -21.0. The molecule has 0 aliphatic heterocycles. The van der Waals surface area contributed by atoms with Gasteiger partial charge in [0, 0.05) is 10.8 Å². The zero-order chi connectivity index (χ0) is 44.9. The first kappa shape index (κ1) is 42.9. The molecule has 0 bridgehead atoms. The number of hydrogen-bond acceptors (Lipinski definition) is 1. The second-order valence-corrected chi connectivity index (χ2v) is 19.3. The van der Waals surface area contributed by atoms with Gasteiger partial charge in [-0.25, -0.2) is 0 Å². The number of rotatable bonds is 3. The third kappa shape index (κ3) is 5.62. The van der Waals surface area contributed by atoms with Crippen molar-refractivity contribution in [2.24, 2.45) is 0 Å². The molecule has 0 aliphatic rings. The molecule has 0 atom stereocenters. The maximum atomic E-state index is 6.30. The lowest BCUT2D eigenvalue weighted by molar-refractivity contribution is 0.669. The molecule has 0 unspecified atom stereocenters. The Morgan fingerprint density at radius 3 is 1.02 bits per heavy atom. The smallest absolute Gasteiger partial charge is 0.139 e. The molecular weight excluding hydrogens is 726 g/mol. The largest absolute Gasteiger partial charge is 0.456 e. The standard InChI is InChI=1S/C42H45B19O/c43-24-13(8-5-6-12-10(7-8)9-3-1-2-4-11(9)62-12)25(44)33(52)22(32(24)51)15-19-16(27(46)37(56)39(58)29(19)48)14(17-20(15)30(49)40(59)38(57)28(17)47)18-21-23(34(53)36(55)26(18)45)35(54)42(61)41(60)31(21)50/h1-7H,43-61H2. The summed E-state index contributed by atoms with van der Waals surface area (Å²) in [7, 11) is 45.1. The van der Waals surface area contributed by atoms with Gasteiger partial charge in [0.05, 0.1) is 0 Å². The minimum atomic E-state index is 0.934. The third-order valence-electron chi connectivity index (χ3n) is 17.0. The van der Waals surface area contributed by atoms with Crippen molar-refractivity contribution in [3.63, 3.8) is 0 Å². The highest BCUT2D eigenvalue weighted by Crippen LogP contribution is 2.41. The van der Waals surface area contributed by atoms with Gasteiger partial charge in [0.15, 0.2) is 0 Å². The molecule has 0 aliphatic carbocycles. The molecule has 276 valence electrons. The molecule has 8 aromatic carbocycles. The van der Waals surface area contributed by atoms with Crippen LogP contribution in [0.15, 0.2) is 46.9 Å². The van der Waals surface area contributed by atoms with Crippen molar-refractivity contribution in [2.75, 3.05) is 0 Å². The van der Waals surface area contributed by atoms with Crippen LogP contribution in [0.1, 0.15) is 0 Å². The second-order valence-electron chi connectivity index (χ2n) is 19.3. The van der Waals surface area contributed by atoms with E-state index in [1.807, 2.05) is 0 Å². The van der Waals surface area contributed by atoms with Gasteiger partial charge in [-0.1, -0.05) is 89.8 Å². The minimum absolute atomic E-state index is 0.934. The van der Waals surface area contributed by atoms with Crippen molar-refractivity contribution in [1.29, 1.82) is 0 Å². The first-order valence-corrected chi connectivity index (χ1v) is 22.7. The SMILES string of the molecule is Bc1c(B)c(-c2c3c(B)c(B)c(B)c(B)c3c(-c3c(B)c(B)c(B)c4c(B)c(B)c(B)c(B)c34)c3c(B)c(B)c(B)c(B)c23)c(B)c(B)c1-c1ccc2oc3ccccc3c2c1. The van der Waals surface area contributed by atoms with Crippen molar-refractivity contribution in [2.45, 2.75) is 0 Å². The van der Waals surface area contributed by atoms with Gasteiger partial charge < -0.3 is 4.42 Å². The Morgan fingerprint density at radius 2 is 0.565 bits per heavy atom. The molecule has 0 saturated carbocycles. The average molecular weight is 771 g/mol. The number of hydrogen-bond donors (Lipinski definition) is 0.